The Kier molecular flexibility index (Phi) is 4.22. The maximum atomic E-state index is 11.1. The van der Waals surface area contributed by atoms with E-state index in [2.05, 4.69) is 10.0 Å². The fourth-order valence-corrected chi connectivity index (χ4v) is 2.42. The first-order valence-corrected chi connectivity index (χ1v) is 8.25. The lowest BCUT2D eigenvalue weighted by Gasteiger charge is -2.35. The largest absolute Gasteiger partial charge is 0.378 e. The Morgan fingerprint density at radius 3 is 2.10 bits per heavy atom. The molecule has 0 bridgehead atoms. The summed E-state index contributed by atoms with van der Waals surface area (Å²) in [6.45, 7) is 4.90. The molecule has 1 aliphatic rings. The minimum Gasteiger partial charge on any atom is -0.378 e. The van der Waals surface area contributed by atoms with Crippen molar-refractivity contribution in [1.29, 1.82) is 0 Å². The second-order valence-corrected chi connectivity index (χ2v) is 7.06. The third-order valence-corrected chi connectivity index (χ3v) is 3.43. The van der Waals surface area contributed by atoms with E-state index in [1.807, 2.05) is 26.0 Å². The molecule has 0 aromatic heterocycles. The molecule has 0 unspecified atom stereocenters. The zero-order valence-corrected chi connectivity index (χ0v) is 12.7. The van der Waals surface area contributed by atoms with Gasteiger partial charge in [0.25, 0.3) is 0 Å². The summed E-state index contributed by atoms with van der Waals surface area (Å²) in [5.74, 6) is -0.526. The lowest BCUT2D eigenvalue weighted by Crippen LogP contribution is -2.45. The summed E-state index contributed by atoms with van der Waals surface area (Å²) in [6, 6.07) is 7.12. The van der Waals surface area contributed by atoms with Crippen molar-refractivity contribution < 1.29 is 17.9 Å². The summed E-state index contributed by atoms with van der Waals surface area (Å²) in [6.07, 6.45) is 1.12. The van der Waals surface area contributed by atoms with Crippen LogP contribution in [0.3, 0.4) is 0 Å². The first-order valence-electron chi connectivity index (χ1n) is 6.36. The molecule has 1 fully saturated rings. The van der Waals surface area contributed by atoms with Gasteiger partial charge in [-0.05, 0) is 38.1 Å². The molecular weight excluding hydrogens is 280 g/mol. The summed E-state index contributed by atoms with van der Waals surface area (Å²) in [7, 11) is -3.24. The molecular formula is C13H20N2O4S. The smallest absolute Gasteiger partial charge is 0.229 e. The molecule has 20 heavy (non-hydrogen) atoms. The average Bonchev–Trinajstić information content (AvgIpc) is 2.32. The predicted octanol–water partition coefficient (Wildman–Crippen LogP) is 1.62. The van der Waals surface area contributed by atoms with E-state index in [4.69, 9.17) is 9.47 Å². The fourth-order valence-electron chi connectivity index (χ4n) is 1.86. The summed E-state index contributed by atoms with van der Waals surface area (Å²) in [5, 5.41) is 3.28. The van der Waals surface area contributed by atoms with Crippen LogP contribution in [0.25, 0.3) is 0 Å². The van der Waals surface area contributed by atoms with Crippen molar-refractivity contribution >= 4 is 21.4 Å². The van der Waals surface area contributed by atoms with Crippen LogP contribution in [-0.2, 0) is 19.5 Å². The monoisotopic (exact) mass is 300 g/mol. The predicted molar refractivity (Wildman–Crippen MR) is 78.3 cm³/mol. The number of hydrogen-bond acceptors (Lipinski definition) is 5. The topological polar surface area (TPSA) is 76.7 Å². The summed E-state index contributed by atoms with van der Waals surface area (Å²) < 4.78 is 35.8. The van der Waals surface area contributed by atoms with Gasteiger partial charge in [-0.1, -0.05) is 0 Å². The van der Waals surface area contributed by atoms with Crippen molar-refractivity contribution in [3.63, 3.8) is 0 Å². The first kappa shape index (κ1) is 15.1. The number of anilines is 2. The summed E-state index contributed by atoms with van der Waals surface area (Å²) in [5.41, 5.74) is 1.43. The molecule has 6 nitrogen and oxygen atoms in total. The third-order valence-electron chi connectivity index (χ3n) is 2.82. The van der Waals surface area contributed by atoms with Gasteiger partial charge in [-0.2, -0.15) is 0 Å². The van der Waals surface area contributed by atoms with Crippen molar-refractivity contribution in [2.24, 2.45) is 0 Å². The number of ether oxygens (including phenoxy) is 2. The highest BCUT2D eigenvalue weighted by Crippen LogP contribution is 2.20. The van der Waals surface area contributed by atoms with E-state index in [1.54, 1.807) is 12.1 Å². The van der Waals surface area contributed by atoms with Crippen LogP contribution < -0.4 is 10.0 Å². The lowest BCUT2D eigenvalue weighted by molar-refractivity contribution is -0.247. The van der Waals surface area contributed by atoms with Gasteiger partial charge in [-0.25, -0.2) is 8.42 Å². The molecule has 2 N–H and O–H groups in total. The number of rotatable bonds is 4. The van der Waals surface area contributed by atoms with Gasteiger partial charge < -0.3 is 14.8 Å². The lowest BCUT2D eigenvalue weighted by atomic mass is 10.2. The van der Waals surface area contributed by atoms with Crippen LogP contribution in [0.15, 0.2) is 24.3 Å². The maximum absolute atomic E-state index is 11.1. The molecule has 0 saturated carbocycles. The molecule has 0 atom stereocenters. The molecule has 1 aliphatic heterocycles. The minimum absolute atomic E-state index is 0.0803. The fraction of sp³-hybridized carbons (Fsp3) is 0.538. The molecule has 1 saturated heterocycles. The minimum atomic E-state index is -3.24. The highest BCUT2D eigenvalue weighted by Gasteiger charge is 2.28. The molecule has 0 spiro atoms. The highest BCUT2D eigenvalue weighted by molar-refractivity contribution is 7.92. The van der Waals surface area contributed by atoms with Crippen molar-refractivity contribution in [3.8, 4) is 0 Å². The van der Waals surface area contributed by atoms with Crippen LogP contribution in [0.1, 0.15) is 13.8 Å². The van der Waals surface area contributed by atoms with Crippen LogP contribution in [0.2, 0.25) is 0 Å². The zero-order valence-electron chi connectivity index (χ0n) is 11.8. The Bertz CT molecular complexity index is 544. The van der Waals surface area contributed by atoms with Gasteiger partial charge in [-0.3, -0.25) is 4.72 Å². The summed E-state index contributed by atoms with van der Waals surface area (Å²) >= 11 is 0. The Hall–Kier alpha value is -1.31. The Morgan fingerprint density at radius 1 is 1.10 bits per heavy atom. The van der Waals surface area contributed by atoms with E-state index in [1.165, 1.54) is 0 Å². The molecule has 7 heteroatoms. The zero-order chi connectivity index (χ0) is 14.8. The molecule has 2 rings (SSSR count). The number of nitrogens with one attached hydrogen (secondary N) is 2. The van der Waals surface area contributed by atoms with Gasteiger partial charge >= 0.3 is 0 Å². The number of benzene rings is 1. The van der Waals surface area contributed by atoms with Gasteiger partial charge in [0.1, 0.15) is 0 Å². The van der Waals surface area contributed by atoms with Crippen LogP contribution in [0.4, 0.5) is 11.4 Å². The van der Waals surface area contributed by atoms with Crippen molar-refractivity contribution in [2.75, 3.05) is 29.5 Å². The highest BCUT2D eigenvalue weighted by atomic mass is 32.2. The van der Waals surface area contributed by atoms with Crippen LogP contribution in [0, 0.1) is 0 Å². The van der Waals surface area contributed by atoms with Gasteiger partial charge in [0.15, 0.2) is 5.79 Å². The normalized spacial score (nSPS) is 19.6. The third kappa shape index (κ3) is 4.66. The van der Waals surface area contributed by atoms with Crippen molar-refractivity contribution in [1.82, 2.24) is 0 Å². The van der Waals surface area contributed by atoms with E-state index >= 15 is 0 Å². The first-order chi connectivity index (χ1) is 9.23. The molecule has 1 aromatic rings. The Morgan fingerprint density at radius 2 is 1.60 bits per heavy atom. The van der Waals surface area contributed by atoms with Crippen molar-refractivity contribution in [2.45, 2.75) is 25.7 Å². The molecule has 1 aromatic carbocycles. The van der Waals surface area contributed by atoms with Gasteiger partial charge in [-0.15, -0.1) is 0 Å². The van der Waals surface area contributed by atoms with E-state index in [-0.39, 0.29) is 6.04 Å². The van der Waals surface area contributed by atoms with Gasteiger partial charge in [0.05, 0.1) is 25.5 Å². The molecule has 1 heterocycles. The van der Waals surface area contributed by atoms with Crippen molar-refractivity contribution in [3.05, 3.63) is 24.3 Å². The standard InChI is InChI=1S/C13H20N2O4S/c1-13(2)18-8-12(9-19-13)14-10-4-6-11(7-5-10)15-20(3,16)17/h4-7,12,14-15H,8-9H2,1-3H3. The van der Waals surface area contributed by atoms with E-state index in [0.717, 1.165) is 11.9 Å². The van der Waals surface area contributed by atoms with E-state index < -0.39 is 15.8 Å². The Balaban J connectivity index is 1.91. The Labute approximate surface area is 119 Å². The van der Waals surface area contributed by atoms with Gasteiger partial charge in [0, 0.05) is 11.4 Å². The molecule has 112 valence electrons. The van der Waals surface area contributed by atoms with E-state index in [0.29, 0.717) is 18.9 Å². The second-order valence-electron chi connectivity index (χ2n) is 5.31. The van der Waals surface area contributed by atoms with Crippen LogP contribution >= 0.6 is 0 Å². The van der Waals surface area contributed by atoms with Gasteiger partial charge in [0.2, 0.25) is 10.0 Å². The quantitative estimate of drug-likeness (QED) is 0.883. The second kappa shape index (κ2) is 5.59. The molecule has 0 aliphatic carbocycles. The van der Waals surface area contributed by atoms with E-state index in [9.17, 15) is 8.42 Å². The molecule has 0 radical (unpaired) electrons. The number of sulfonamides is 1. The summed E-state index contributed by atoms with van der Waals surface area (Å²) in [4.78, 5) is 0. The maximum Gasteiger partial charge on any atom is 0.229 e. The molecule has 0 amide bonds. The van der Waals surface area contributed by atoms with Crippen LogP contribution in [0.5, 0.6) is 0 Å². The van der Waals surface area contributed by atoms with Crippen LogP contribution in [-0.4, -0.2) is 39.7 Å². The SMILES string of the molecule is CC1(C)OCC(Nc2ccc(NS(C)(=O)=O)cc2)CO1. The number of hydrogen-bond donors (Lipinski definition) is 2. The average molecular weight is 300 g/mol.